The fourth-order valence-electron chi connectivity index (χ4n) is 2.11. The van der Waals surface area contributed by atoms with Crippen molar-refractivity contribution in [1.82, 2.24) is 5.32 Å². The predicted octanol–water partition coefficient (Wildman–Crippen LogP) is 2.40. The molecule has 6 nitrogen and oxygen atoms in total. The lowest BCUT2D eigenvalue weighted by atomic mass is 10.1. The van der Waals surface area contributed by atoms with Gasteiger partial charge in [-0.3, -0.25) is 9.10 Å². The van der Waals surface area contributed by atoms with Gasteiger partial charge in [-0.05, 0) is 43.5 Å². The first kappa shape index (κ1) is 20.3. The molecule has 0 heterocycles. The minimum absolute atomic E-state index is 0.0561. The van der Waals surface area contributed by atoms with Crippen LogP contribution in [0.3, 0.4) is 0 Å². The molecule has 0 unspecified atom stereocenters. The molecule has 0 fully saturated rings. The fourth-order valence-corrected chi connectivity index (χ4v) is 3.08. The van der Waals surface area contributed by atoms with Crippen LogP contribution in [-0.4, -0.2) is 40.3 Å². The van der Waals surface area contributed by atoms with Crippen LogP contribution in [0.1, 0.15) is 33.6 Å². The predicted molar refractivity (Wildman–Crippen MR) is 96.9 cm³/mol. The number of nitrogens with one attached hydrogen (secondary N) is 1. The maximum Gasteiger partial charge on any atom is 0.232 e. The van der Waals surface area contributed by atoms with Crippen molar-refractivity contribution in [2.24, 2.45) is 5.92 Å². The number of rotatable bonds is 9. The third-order valence-electron chi connectivity index (χ3n) is 3.91. The summed E-state index contributed by atoms with van der Waals surface area (Å²) in [5, 5.41) is 2.92. The Bertz CT molecular complexity index is 626. The maximum atomic E-state index is 12.0. The summed E-state index contributed by atoms with van der Waals surface area (Å²) in [6.07, 6.45) is 1.91. The van der Waals surface area contributed by atoms with Gasteiger partial charge < -0.3 is 10.1 Å². The van der Waals surface area contributed by atoms with Crippen LogP contribution in [0.25, 0.3) is 0 Å². The van der Waals surface area contributed by atoms with Crippen molar-refractivity contribution in [3.63, 3.8) is 0 Å². The Morgan fingerprint density at radius 3 is 2.25 bits per heavy atom. The Morgan fingerprint density at radius 2 is 1.79 bits per heavy atom. The number of hydrogen-bond acceptors (Lipinski definition) is 4. The molecular weight excluding hydrogens is 328 g/mol. The van der Waals surface area contributed by atoms with Crippen molar-refractivity contribution in [2.75, 3.05) is 24.2 Å². The molecule has 1 aromatic rings. The standard InChI is InChI=1S/C17H28N2O4S/c1-13(2)14(3)18-17(20)7-6-12-19(24(5,21)22)15-8-10-16(23-4)11-9-15/h8-11,13-14H,6-7,12H2,1-5H3,(H,18,20)/t14-/m1/s1. The van der Waals surface area contributed by atoms with Crippen molar-refractivity contribution < 1.29 is 17.9 Å². The van der Waals surface area contributed by atoms with Gasteiger partial charge in [-0.1, -0.05) is 13.8 Å². The monoisotopic (exact) mass is 356 g/mol. The molecule has 0 aliphatic heterocycles. The van der Waals surface area contributed by atoms with Gasteiger partial charge >= 0.3 is 0 Å². The van der Waals surface area contributed by atoms with Crippen LogP contribution in [0.4, 0.5) is 5.69 Å². The third kappa shape index (κ3) is 6.39. The number of amides is 1. The summed E-state index contributed by atoms with van der Waals surface area (Å²) in [4.78, 5) is 11.9. The average molecular weight is 356 g/mol. The van der Waals surface area contributed by atoms with E-state index in [1.165, 1.54) is 4.31 Å². The fraction of sp³-hybridized carbons (Fsp3) is 0.588. The lowest BCUT2D eigenvalue weighted by Crippen LogP contribution is -2.37. The minimum atomic E-state index is -3.41. The van der Waals surface area contributed by atoms with Gasteiger partial charge in [-0.15, -0.1) is 0 Å². The molecule has 1 aromatic carbocycles. The Hall–Kier alpha value is -1.76. The van der Waals surface area contributed by atoms with E-state index in [9.17, 15) is 13.2 Å². The molecule has 0 radical (unpaired) electrons. The van der Waals surface area contributed by atoms with Gasteiger partial charge in [-0.2, -0.15) is 0 Å². The summed E-state index contributed by atoms with van der Waals surface area (Å²) in [5.74, 6) is 0.967. The van der Waals surface area contributed by atoms with E-state index >= 15 is 0 Å². The molecule has 0 aliphatic carbocycles. The van der Waals surface area contributed by atoms with E-state index in [0.717, 1.165) is 6.26 Å². The molecule has 7 heteroatoms. The van der Waals surface area contributed by atoms with E-state index < -0.39 is 10.0 Å². The molecule has 0 bridgehead atoms. The second-order valence-electron chi connectivity index (χ2n) is 6.24. The Labute approximate surface area is 145 Å². The normalized spacial score (nSPS) is 12.8. The summed E-state index contributed by atoms with van der Waals surface area (Å²) in [6.45, 7) is 6.30. The van der Waals surface area contributed by atoms with Gasteiger partial charge in [0.25, 0.3) is 0 Å². The second kappa shape index (κ2) is 8.92. The molecule has 1 N–H and O–H groups in total. The number of methoxy groups -OCH3 is 1. The Kier molecular flexibility index (Phi) is 7.54. The summed E-state index contributed by atoms with van der Waals surface area (Å²) in [7, 11) is -1.86. The van der Waals surface area contributed by atoms with Gasteiger partial charge in [-0.25, -0.2) is 8.42 Å². The molecule has 0 saturated carbocycles. The van der Waals surface area contributed by atoms with E-state index in [-0.39, 0.29) is 18.5 Å². The number of sulfonamides is 1. The van der Waals surface area contributed by atoms with Crippen molar-refractivity contribution in [2.45, 2.75) is 39.7 Å². The van der Waals surface area contributed by atoms with Crippen LogP contribution in [0.5, 0.6) is 5.75 Å². The molecule has 0 spiro atoms. The number of carbonyl (C=O) groups is 1. The molecule has 1 atom stereocenters. The number of benzene rings is 1. The van der Waals surface area contributed by atoms with Crippen molar-refractivity contribution in [3.05, 3.63) is 24.3 Å². The van der Waals surface area contributed by atoms with Crippen molar-refractivity contribution in [1.29, 1.82) is 0 Å². The number of ether oxygens (including phenoxy) is 1. The molecular formula is C17H28N2O4S. The molecule has 0 saturated heterocycles. The largest absolute Gasteiger partial charge is 0.497 e. The van der Waals surface area contributed by atoms with E-state index in [1.54, 1.807) is 31.4 Å². The Balaban J connectivity index is 2.66. The molecule has 0 aliphatic rings. The van der Waals surface area contributed by atoms with Crippen LogP contribution in [0.2, 0.25) is 0 Å². The van der Waals surface area contributed by atoms with Crippen molar-refractivity contribution >= 4 is 21.6 Å². The highest BCUT2D eigenvalue weighted by molar-refractivity contribution is 7.92. The summed E-state index contributed by atoms with van der Waals surface area (Å²) in [6, 6.07) is 6.92. The van der Waals surface area contributed by atoms with E-state index in [2.05, 4.69) is 5.32 Å². The SMILES string of the molecule is COc1ccc(N(CCCC(=O)N[C@H](C)C(C)C)S(C)(=O)=O)cc1. The Morgan fingerprint density at radius 1 is 1.21 bits per heavy atom. The van der Waals surface area contributed by atoms with Gasteiger partial charge in [0.2, 0.25) is 15.9 Å². The van der Waals surface area contributed by atoms with Gasteiger partial charge in [0.15, 0.2) is 0 Å². The third-order valence-corrected chi connectivity index (χ3v) is 5.11. The zero-order chi connectivity index (χ0) is 18.3. The van der Waals surface area contributed by atoms with Gasteiger partial charge in [0.05, 0.1) is 19.1 Å². The molecule has 136 valence electrons. The lowest BCUT2D eigenvalue weighted by Gasteiger charge is -2.23. The average Bonchev–Trinajstić information content (AvgIpc) is 2.50. The number of anilines is 1. The van der Waals surface area contributed by atoms with Crippen LogP contribution < -0.4 is 14.4 Å². The molecule has 0 aromatic heterocycles. The van der Waals surface area contributed by atoms with Crippen LogP contribution >= 0.6 is 0 Å². The summed E-state index contributed by atoms with van der Waals surface area (Å²) < 4.78 is 30.4. The zero-order valence-electron chi connectivity index (χ0n) is 15.1. The first-order valence-electron chi connectivity index (χ1n) is 8.06. The van der Waals surface area contributed by atoms with E-state index in [1.807, 2.05) is 20.8 Å². The van der Waals surface area contributed by atoms with Gasteiger partial charge in [0.1, 0.15) is 5.75 Å². The first-order chi connectivity index (χ1) is 11.1. The molecule has 24 heavy (non-hydrogen) atoms. The van der Waals surface area contributed by atoms with E-state index in [4.69, 9.17) is 4.74 Å². The topological polar surface area (TPSA) is 75.7 Å². The summed E-state index contributed by atoms with van der Waals surface area (Å²) in [5.41, 5.74) is 0.564. The van der Waals surface area contributed by atoms with E-state index in [0.29, 0.717) is 30.2 Å². The lowest BCUT2D eigenvalue weighted by molar-refractivity contribution is -0.122. The first-order valence-corrected chi connectivity index (χ1v) is 9.91. The molecule has 1 rings (SSSR count). The van der Waals surface area contributed by atoms with Crippen molar-refractivity contribution in [3.8, 4) is 5.75 Å². The number of hydrogen-bond donors (Lipinski definition) is 1. The van der Waals surface area contributed by atoms with Crippen LogP contribution in [-0.2, 0) is 14.8 Å². The number of carbonyl (C=O) groups excluding carboxylic acids is 1. The highest BCUT2D eigenvalue weighted by atomic mass is 32.2. The van der Waals surface area contributed by atoms with Crippen LogP contribution in [0, 0.1) is 5.92 Å². The quantitative estimate of drug-likeness (QED) is 0.737. The second-order valence-corrected chi connectivity index (χ2v) is 8.14. The highest BCUT2D eigenvalue weighted by Gasteiger charge is 2.18. The minimum Gasteiger partial charge on any atom is -0.497 e. The number of nitrogens with zero attached hydrogens (tertiary/aromatic N) is 1. The highest BCUT2D eigenvalue weighted by Crippen LogP contribution is 2.21. The van der Waals surface area contributed by atoms with Crippen LogP contribution in [0.15, 0.2) is 24.3 Å². The zero-order valence-corrected chi connectivity index (χ0v) is 15.9. The summed E-state index contributed by atoms with van der Waals surface area (Å²) >= 11 is 0. The van der Waals surface area contributed by atoms with Gasteiger partial charge in [0, 0.05) is 19.0 Å². The molecule has 1 amide bonds. The maximum absolute atomic E-state index is 12.0. The smallest absolute Gasteiger partial charge is 0.232 e.